The Hall–Kier alpha value is -2.21. The Balaban J connectivity index is 2.21. The van der Waals surface area contributed by atoms with Gasteiger partial charge in [0.2, 0.25) is 5.91 Å². The molecule has 6 nitrogen and oxygen atoms in total. The molecule has 0 bridgehead atoms. The number of imide groups is 1. The number of hydrogen-bond donors (Lipinski definition) is 2. The third kappa shape index (κ3) is 3.42. The van der Waals surface area contributed by atoms with E-state index >= 15 is 0 Å². The Bertz CT molecular complexity index is 590. The van der Waals surface area contributed by atoms with Gasteiger partial charge in [0, 0.05) is 12.6 Å². The quantitative estimate of drug-likeness (QED) is 0.770. The van der Waals surface area contributed by atoms with Crippen molar-refractivity contribution in [3.05, 3.63) is 35.4 Å². The highest BCUT2D eigenvalue weighted by Crippen LogP contribution is 2.27. The van der Waals surface area contributed by atoms with Crippen molar-refractivity contribution in [3.8, 4) is 0 Å². The zero-order valence-corrected chi connectivity index (χ0v) is 13.7. The number of carbonyl (C=O) groups excluding carboxylic acids is 3. The lowest BCUT2D eigenvalue weighted by Gasteiger charge is -2.28. The van der Waals surface area contributed by atoms with Crippen LogP contribution in [0.25, 0.3) is 0 Å². The first-order valence-corrected chi connectivity index (χ1v) is 7.84. The summed E-state index contributed by atoms with van der Waals surface area (Å²) in [5.41, 5.74) is 6.37. The van der Waals surface area contributed by atoms with E-state index in [1.807, 2.05) is 20.8 Å². The minimum atomic E-state index is -0.824. The van der Waals surface area contributed by atoms with Gasteiger partial charge in [-0.1, -0.05) is 26.0 Å². The molecule has 0 saturated heterocycles. The van der Waals surface area contributed by atoms with E-state index in [-0.39, 0.29) is 17.9 Å². The minimum Gasteiger partial charge on any atom is -0.354 e. The average Bonchev–Trinajstić information content (AvgIpc) is 2.73. The zero-order valence-electron chi connectivity index (χ0n) is 13.7. The first-order valence-electron chi connectivity index (χ1n) is 7.84. The Morgan fingerprint density at radius 1 is 1.13 bits per heavy atom. The van der Waals surface area contributed by atoms with Crippen LogP contribution in [0.3, 0.4) is 0 Å². The smallest absolute Gasteiger partial charge is 0.262 e. The van der Waals surface area contributed by atoms with E-state index in [4.69, 9.17) is 5.73 Å². The minimum absolute atomic E-state index is 0.0212. The van der Waals surface area contributed by atoms with Crippen LogP contribution in [0.2, 0.25) is 0 Å². The van der Waals surface area contributed by atoms with Gasteiger partial charge >= 0.3 is 0 Å². The molecule has 6 heteroatoms. The Labute approximate surface area is 136 Å². The Kier molecular flexibility index (Phi) is 5.15. The molecule has 2 unspecified atom stereocenters. The molecule has 0 radical (unpaired) electrons. The standard InChI is InChI=1S/C17H23N3O3/c1-10(2)14(15(21)19-9-8-11(3)18)20-16(22)12-6-4-5-7-13(12)17(20)23/h4-7,10-11,14H,8-9,18H2,1-3H3,(H,19,21). The molecule has 0 saturated carbocycles. The maximum Gasteiger partial charge on any atom is 0.262 e. The van der Waals surface area contributed by atoms with Crippen molar-refractivity contribution in [3.63, 3.8) is 0 Å². The van der Waals surface area contributed by atoms with Crippen LogP contribution < -0.4 is 11.1 Å². The molecule has 1 aromatic rings. The fourth-order valence-electron chi connectivity index (χ4n) is 2.71. The highest BCUT2D eigenvalue weighted by atomic mass is 16.2. The van der Waals surface area contributed by atoms with Gasteiger partial charge in [0.15, 0.2) is 0 Å². The fourth-order valence-corrected chi connectivity index (χ4v) is 2.71. The van der Waals surface area contributed by atoms with Crippen LogP contribution in [0.15, 0.2) is 24.3 Å². The van der Waals surface area contributed by atoms with Crippen LogP contribution in [0.4, 0.5) is 0 Å². The second-order valence-corrected chi connectivity index (χ2v) is 6.27. The van der Waals surface area contributed by atoms with E-state index in [1.54, 1.807) is 24.3 Å². The predicted octanol–water partition coefficient (Wildman–Crippen LogP) is 1.16. The second kappa shape index (κ2) is 6.91. The molecule has 2 atom stereocenters. The summed E-state index contributed by atoms with van der Waals surface area (Å²) in [6.45, 7) is 5.91. The molecular formula is C17H23N3O3. The highest BCUT2D eigenvalue weighted by Gasteiger charge is 2.43. The van der Waals surface area contributed by atoms with E-state index in [0.29, 0.717) is 24.1 Å². The summed E-state index contributed by atoms with van der Waals surface area (Å²) >= 11 is 0. The molecule has 2 rings (SSSR count). The van der Waals surface area contributed by atoms with Gasteiger partial charge in [0.05, 0.1) is 11.1 Å². The lowest BCUT2D eigenvalue weighted by molar-refractivity contribution is -0.126. The van der Waals surface area contributed by atoms with Crippen molar-refractivity contribution >= 4 is 17.7 Å². The molecule has 1 heterocycles. The molecule has 0 aromatic heterocycles. The lowest BCUT2D eigenvalue weighted by Crippen LogP contribution is -2.52. The largest absolute Gasteiger partial charge is 0.354 e. The monoisotopic (exact) mass is 317 g/mol. The first-order chi connectivity index (χ1) is 10.8. The zero-order chi connectivity index (χ0) is 17.1. The second-order valence-electron chi connectivity index (χ2n) is 6.27. The SMILES string of the molecule is CC(N)CCNC(=O)C(C(C)C)N1C(=O)c2ccccc2C1=O. The molecule has 1 aliphatic rings. The number of nitrogens with two attached hydrogens (primary N) is 1. The summed E-state index contributed by atoms with van der Waals surface area (Å²) in [6, 6.07) is 5.80. The topological polar surface area (TPSA) is 92.5 Å². The van der Waals surface area contributed by atoms with Crippen molar-refractivity contribution in [2.24, 2.45) is 11.7 Å². The van der Waals surface area contributed by atoms with Crippen molar-refractivity contribution in [2.45, 2.75) is 39.3 Å². The normalized spacial score (nSPS) is 16.5. The van der Waals surface area contributed by atoms with Gasteiger partial charge < -0.3 is 11.1 Å². The van der Waals surface area contributed by atoms with Gasteiger partial charge in [-0.15, -0.1) is 0 Å². The van der Waals surface area contributed by atoms with Gasteiger partial charge in [0.25, 0.3) is 11.8 Å². The van der Waals surface area contributed by atoms with Crippen LogP contribution >= 0.6 is 0 Å². The van der Waals surface area contributed by atoms with Crippen LogP contribution in [-0.4, -0.2) is 41.2 Å². The number of hydrogen-bond acceptors (Lipinski definition) is 4. The predicted molar refractivity (Wildman–Crippen MR) is 86.8 cm³/mol. The van der Waals surface area contributed by atoms with E-state index in [1.165, 1.54) is 0 Å². The molecule has 1 aromatic carbocycles. The van der Waals surface area contributed by atoms with Gasteiger partial charge in [0.1, 0.15) is 6.04 Å². The number of carbonyl (C=O) groups is 3. The molecule has 0 spiro atoms. The third-order valence-corrected chi connectivity index (χ3v) is 3.90. The summed E-state index contributed by atoms with van der Waals surface area (Å²) in [5.74, 6) is -1.33. The molecule has 1 aliphatic heterocycles. The third-order valence-electron chi connectivity index (χ3n) is 3.90. The summed E-state index contributed by atoms with van der Waals surface area (Å²) in [6.07, 6.45) is 0.638. The van der Waals surface area contributed by atoms with Crippen molar-refractivity contribution in [2.75, 3.05) is 6.54 Å². The molecule has 3 N–H and O–H groups in total. The van der Waals surface area contributed by atoms with E-state index < -0.39 is 17.9 Å². The molecular weight excluding hydrogens is 294 g/mol. The molecule has 0 fully saturated rings. The summed E-state index contributed by atoms with van der Waals surface area (Å²) in [7, 11) is 0. The van der Waals surface area contributed by atoms with Gasteiger partial charge in [-0.05, 0) is 31.4 Å². The number of nitrogens with zero attached hydrogens (tertiary/aromatic N) is 1. The van der Waals surface area contributed by atoms with Gasteiger partial charge in [-0.25, -0.2) is 0 Å². The number of nitrogens with one attached hydrogen (secondary N) is 1. The Morgan fingerprint density at radius 2 is 1.65 bits per heavy atom. The average molecular weight is 317 g/mol. The summed E-state index contributed by atoms with van der Waals surface area (Å²) in [5, 5.41) is 2.78. The van der Waals surface area contributed by atoms with Gasteiger partial charge in [-0.2, -0.15) is 0 Å². The van der Waals surface area contributed by atoms with Crippen molar-refractivity contribution < 1.29 is 14.4 Å². The van der Waals surface area contributed by atoms with E-state index in [9.17, 15) is 14.4 Å². The summed E-state index contributed by atoms with van der Waals surface area (Å²) in [4.78, 5) is 38.7. The van der Waals surface area contributed by atoms with Crippen LogP contribution in [0.5, 0.6) is 0 Å². The highest BCUT2D eigenvalue weighted by molar-refractivity contribution is 6.22. The van der Waals surface area contributed by atoms with E-state index in [2.05, 4.69) is 5.32 Å². The van der Waals surface area contributed by atoms with Crippen molar-refractivity contribution in [1.29, 1.82) is 0 Å². The van der Waals surface area contributed by atoms with Gasteiger partial charge in [-0.3, -0.25) is 19.3 Å². The fraction of sp³-hybridized carbons (Fsp3) is 0.471. The van der Waals surface area contributed by atoms with E-state index in [0.717, 1.165) is 4.90 Å². The first kappa shape index (κ1) is 17.1. The van der Waals surface area contributed by atoms with Crippen molar-refractivity contribution in [1.82, 2.24) is 10.2 Å². The van der Waals surface area contributed by atoms with Crippen LogP contribution in [0, 0.1) is 5.92 Å². The molecule has 0 aliphatic carbocycles. The number of rotatable bonds is 6. The maximum absolute atomic E-state index is 12.5. The van der Waals surface area contributed by atoms with Crippen LogP contribution in [0.1, 0.15) is 47.9 Å². The summed E-state index contributed by atoms with van der Waals surface area (Å²) < 4.78 is 0. The lowest BCUT2D eigenvalue weighted by atomic mass is 10.0. The number of amides is 3. The number of fused-ring (bicyclic) bond motifs is 1. The van der Waals surface area contributed by atoms with Crippen LogP contribution in [-0.2, 0) is 4.79 Å². The molecule has 3 amide bonds. The Morgan fingerprint density at radius 3 is 2.09 bits per heavy atom. The number of benzene rings is 1. The maximum atomic E-state index is 12.5. The molecule has 23 heavy (non-hydrogen) atoms. The molecule has 124 valence electrons.